The summed E-state index contributed by atoms with van der Waals surface area (Å²) in [5.74, 6) is 0. The molecule has 0 aromatic heterocycles. The number of hydrogen-bond acceptors (Lipinski definition) is 1. The minimum Gasteiger partial charge on any atom is -0.310 e. The lowest BCUT2D eigenvalue weighted by atomic mass is 9.96. The number of nitrogens with one attached hydrogen (secondary N) is 1. The summed E-state index contributed by atoms with van der Waals surface area (Å²) in [6, 6.07) is 15.5. The van der Waals surface area contributed by atoms with Gasteiger partial charge in [-0.2, -0.15) is 0 Å². The van der Waals surface area contributed by atoms with Gasteiger partial charge in [-0.25, -0.2) is 0 Å². The summed E-state index contributed by atoms with van der Waals surface area (Å²) in [7, 11) is 0. The average molecular weight is 302 g/mol. The van der Waals surface area contributed by atoms with Crippen molar-refractivity contribution >= 4 is 11.6 Å². The number of aryl methyl sites for hydroxylation is 2. The van der Waals surface area contributed by atoms with Gasteiger partial charge in [-0.1, -0.05) is 55.8 Å². The molecule has 2 aromatic rings. The van der Waals surface area contributed by atoms with Crippen LogP contribution in [-0.4, -0.2) is 6.54 Å². The van der Waals surface area contributed by atoms with Crippen molar-refractivity contribution in [3.8, 4) is 0 Å². The Balaban J connectivity index is 2.21. The van der Waals surface area contributed by atoms with Crippen molar-refractivity contribution in [2.45, 2.75) is 39.7 Å². The highest BCUT2D eigenvalue weighted by Crippen LogP contribution is 2.23. The molecule has 0 saturated heterocycles. The number of likely N-dealkylation sites (N-methyl/N-ethyl adjacent to an activating group) is 1. The zero-order chi connectivity index (χ0) is 15.2. The molecule has 0 spiro atoms. The Kier molecular flexibility index (Phi) is 5.84. The van der Waals surface area contributed by atoms with E-state index >= 15 is 0 Å². The van der Waals surface area contributed by atoms with E-state index in [0.29, 0.717) is 6.04 Å². The van der Waals surface area contributed by atoms with E-state index in [9.17, 15) is 0 Å². The van der Waals surface area contributed by atoms with E-state index in [2.05, 4.69) is 62.5 Å². The third-order valence-electron chi connectivity index (χ3n) is 3.79. The summed E-state index contributed by atoms with van der Waals surface area (Å²) in [6.45, 7) is 7.37. The van der Waals surface area contributed by atoms with Crippen molar-refractivity contribution in [1.29, 1.82) is 0 Å². The molecule has 0 radical (unpaired) electrons. The second-order valence-corrected chi connectivity index (χ2v) is 5.98. The number of hydrogen-bond donors (Lipinski definition) is 1. The average Bonchev–Trinajstić information content (AvgIpc) is 2.46. The molecule has 0 saturated carbocycles. The van der Waals surface area contributed by atoms with Crippen LogP contribution in [0.3, 0.4) is 0 Å². The largest absolute Gasteiger partial charge is 0.310 e. The van der Waals surface area contributed by atoms with Gasteiger partial charge in [0.2, 0.25) is 0 Å². The minimum absolute atomic E-state index is 0.305. The molecule has 2 aromatic carbocycles. The summed E-state index contributed by atoms with van der Waals surface area (Å²) in [5, 5.41) is 4.39. The zero-order valence-electron chi connectivity index (χ0n) is 13.1. The zero-order valence-corrected chi connectivity index (χ0v) is 13.9. The molecule has 0 aliphatic heterocycles. The summed E-state index contributed by atoms with van der Waals surface area (Å²) in [4.78, 5) is 0. The molecule has 0 aliphatic rings. The smallest absolute Gasteiger partial charge is 0.0411 e. The molecule has 0 bridgehead atoms. The SMILES string of the molecule is CCNC(Cc1ccc(CC)cc1)c1cc(C)cc(Cl)c1. The summed E-state index contributed by atoms with van der Waals surface area (Å²) < 4.78 is 0. The molecule has 1 atom stereocenters. The van der Waals surface area contributed by atoms with Crippen molar-refractivity contribution in [3.05, 3.63) is 69.7 Å². The van der Waals surface area contributed by atoms with Crippen LogP contribution in [0.1, 0.15) is 42.1 Å². The molecule has 1 unspecified atom stereocenters. The summed E-state index contributed by atoms with van der Waals surface area (Å²) in [6.07, 6.45) is 2.07. The maximum absolute atomic E-state index is 6.21. The van der Waals surface area contributed by atoms with Crippen LogP contribution in [0, 0.1) is 6.92 Å². The fraction of sp³-hybridized carbons (Fsp3) is 0.368. The van der Waals surface area contributed by atoms with Gasteiger partial charge in [0.25, 0.3) is 0 Å². The Morgan fingerprint density at radius 3 is 2.24 bits per heavy atom. The predicted octanol–water partition coefficient (Wildman–Crippen LogP) is 5.10. The van der Waals surface area contributed by atoms with Crippen molar-refractivity contribution in [2.24, 2.45) is 0 Å². The number of halogens is 1. The first-order valence-corrected chi connectivity index (χ1v) is 8.08. The molecular formula is C19H24ClN. The molecule has 2 rings (SSSR count). The molecule has 1 N–H and O–H groups in total. The van der Waals surface area contributed by atoms with Gasteiger partial charge in [-0.3, -0.25) is 0 Å². The monoisotopic (exact) mass is 301 g/mol. The number of rotatable bonds is 6. The molecule has 0 amide bonds. The topological polar surface area (TPSA) is 12.0 Å². The third-order valence-corrected chi connectivity index (χ3v) is 4.01. The highest BCUT2D eigenvalue weighted by Gasteiger charge is 2.12. The first kappa shape index (κ1) is 16.1. The quantitative estimate of drug-likeness (QED) is 0.782. The van der Waals surface area contributed by atoms with Gasteiger partial charge in [0.05, 0.1) is 0 Å². The molecule has 0 heterocycles. The highest BCUT2D eigenvalue weighted by atomic mass is 35.5. The fourth-order valence-corrected chi connectivity index (χ4v) is 2.96. The van der Waals surface area contributed by atoms with Crippen molar-refractivity contribution < 1.29 is 0 Å². The standard InChI is InChI=1S/C19H24ClN/c1-4-15-6-8-16(9-7-15)12-19(21-5-2)17-10-14(3)11-18(20)13-17/h6-11,13,19,21H,4-5,12H2,1-3H3. The molecule has 0 fully saturated rings. The Morgan fingerprint density at radius 2 is 1.67 bits per heavy atom. The maximum Gasteiger partial charge on any atom is 0.0411 e. The van der Waals surface area contributed by atoms with Crippen LogP contribution in [0.2, 0.25) is 5.02 Å². The third kappa shape index (κ3) is 4.59. The van der Waals surface area contributed by atoms with E-state index in [0.717, 1.165) is 24.4 Å². The summed E-state index contributed by atoms with van der Waals surface area (Å²) >= 11 is 6.21. The molecule has 1 nitrogen and oxygen atoms in total. The molecule has 2 heteroatoms. The van der Waals surface area contributed by atoms with E-state index in [4.69, 9.17) is 11.6 Å². The molecular weight excluding hydrogens is 278 g/mol. The lowest BCUT2D eigenvalue weighted by molar-refractivity contribution is 0.549. The van der Waals surface area contributed by atoms with Crippen LogP contribution >= 0.6 is 11.6 Å². The van der Waals surface area contributed by atoms with Crippen molar-refractivity contribution in [3.63, 3.8) is 0 Å². The molecule has 21 heavy (non-hydrogen) atoms. The van der Waals surface area contributed by atoms with E-state index in [1.165, 1.54) is 22.3 Å². The van der Waals surface area contributed by atoms with Gasteiger partial charge in [-0.15, -0.1) is 0 Å². The van der Waals surface area contributed by atoms with Crippen molar-refractivity contribution in [1.82, 2.24) is 5.32 Å². The Hall–Kier alpha value is -1.31. The lowest BCUT2D eigenvalue weighted by Crippen LogP contribution is -2.23. The fourth-order valence-electron chi connectivity index (χ4n) is 2.67. The van der Waals surface area contributed by atoms with Crippen molar-refractivity contribution in [2.75, 3.05) is 6.54 Å². The van der Waals surface area contributed by atoms with Crippen LogP contribution < -0.4 is 5.32 Å². The Labute approximate surface area is 133 Å². The second kappa shape index (κ2) is 7.63. The van der Waals surface area contributed by atoms with Gasteiger partial charge in [0.1, 0.15) is 0 Å². The lowest BCUT2D eigenvalue weighted by Gasteiger charge is -2.19. The normalized spacial score (nSPS) is 12.4. The van der Waals surface area contributed by atoms with Crippen LogP contribution in [0.15, 0.2) is 42.5 Å². The van der Waals surface area contributed by atoms with E-state index in [1.807, 2.05) is 6.07 Å². The molecule has 112 valence electrons. The van der Waals surface area contributed by atoms with Gasteiger partial charge in [0, 0.05) is 11.1 Å². The minimum atomic E-state index is 0.305. The highest BCUT2D eigenvalue weighted by molar-refractivity contribution is 6.30. The Bertz CT molecular complexity index is 554. The van der Waals surface area contributed by atoms with Gasteiger partial charge in [-0.05, 0) is 60.7 Å². The van der Waals surface area contributed by atoms with E-state index in [1.54, 1.807) is 0 Å². The van der Waals surface area contributed by atoms with Crippen LogP contribution in [-0.2, 0) is 12.8 Å². The maximum atomic E-state index is 6.21. The van der Waals surface area contributed by atoms with Gasteiger partial charge >= 0.3 is 0 Å². The Morgan fingerprint density at radius 1 is 1.00 bits per heavy atom. The van der Waals surface area contributed by atoms with Gasteiger partial charge < -0.3 is 5.32 Å². The number of benzene rings is 2. The first-order chi connectivity index (χ1) is 10.1. The first-order valence-electron chi connectivity index (χ1n) is 7.70. The van der Waals surface area contributed by atoms with E-state index in [-0.39, 0.29) is 0 Å². The van der Waals surface area contributed by atoms with Crippen LogP contribution in [0.5, 0.6) is 0 Å². The van der Waals surface area contributed by atoms with Crippen LogP contribution in [0.25, 0.3) is 0 Å². The van der Waals surface area contributed by atoms with E-state index < -0.39 is 0 Å². The van der Waals surface area contributed by atoms with Crippen LogP contribution in [0.4, 0.5) is 0 Å². The second-order valence-electron chi connectivity index (χ2n) is 5.55. The predicted molar refractivity (Wildman–Crippen MR) is 92.1 cm³/mol. The molecule has 0 aliphatic carbocycles. The summed E-state index contributed by atoms with van der Waals surface area (Å²) in [5.41, 5.74) is 5.22. The van der Waals surface area contributed by atoms with Gasteiger partial charge in [0.15, 0.2) is 0 Å².